The van der Waals surface area contributed by atoms with Crippen molar-refractivity contribution in [3.63, 3.8) is 0 Å². The molecular formula is C13H20BrF2NO3. The van der Waals surface area contributed by atoms with E-state index < -0.39 is 34.2 Å². The van der Waals surface area contributed by atoms with Crippen molar-refractivity contribution in [1.82, 2.24) is 4.90 Å². The van der Waals surface area contributed by atoms with Crippen molar-refractivity contribution < 1.29 is 23.1 Å². The van der Waals surface area contributed by atoms with Gasteiger partial charge in [0, 0.05) is 0 Å². The number of cyclic esters (lactones) is 1. The smallest absolute Gasteiger partial charge is 0.416 e. The Morgan fingerprint density at radius 2 is 1.90 bits per heavy atom. The van der Waals surface area contributed by atoms with Gasteiger partial charge in [-0.25, -0.2) is 9.69 Å². The molecule has 7 heteroatoms. The van der Waals surface area contributed by atoms with Crippen LogP contribution < -0.4 is 0 Å². The lowest BCUT2D eigenvalue weighted by Gasteiger charge is -2.36. The third kappa shape index (κ3) is 3.48. The second kappa shape index (κ2) is 5.58. The van der Waals surface area contributed by atoms with Gasteiger partial charge in [0.25, 0.3) is 0 Å². The van der Waals surface area contributed by atoms with Gasteiger partial charge in [0.2, 0.25) is 5.91 Å². The molecule has 2 amide bonds. The zero-order chi connectivity index (χ0) is 15.9. The summed E-state index contributed by atoms with van der Waals surface area (Å²) in [5, 5.41) is 0. The largest absolute Gasteiger partial charge is 0.447 e. The predicted molar refractivity (Wildman–Crippen MR) is 73.6 cm³/mol. The number of ether oxygens (including phenoxy) is 1. The number of nitrogens with zero attached hydrogens (tertiary/aromatic N) is 1. The van der Waals surface area contributed by atoms with Gasteiger partial charge in [-0.3, -0.25) is 4.79 Å². The third-order valence-electron chi connectivity index (χ3n) is 3.35. The van der Waals surface area contributed by atoms with E-state index in [1.54, 1.807) is 0 Å². The van der Waals surface area contributed by atoms with Crippen LogP contribution in [0.5, 0.6) is 0 Å². The summed E-state index contributed by atoms with van der Waals surface area (Å²) in [6.45, 7) is 8.28. The Kier molecular flexibility index (Phi) is 4.83. The van der Waals surface area contributed by atoms with E-state index in [1.807, 2.05) is 13.8 Å². The fraction of sp³-hybridized carbons (Fsp3) is 0.846. The lowest BCUT2D eigenvalue weighted by atomic mass is 9.79. The van der Waals surface area contributed by atoms with Gasteiger partial charge in [0.05, 0.1) is 6.04 Å². The number of halogens is 3. The van der Waals surface area contributed by atoms with Crippen molar-refractivity contribution in [2.75, 3.05) is 6.61 Å². The Labute approximate surface area is 126 Å². The lowest BCUT2D eigenvalue weighted by Crippen LogP contribution is -2.51. The van der Waals surface area contributed by atoms with Crippen molar-refractivity contribution in [3.8, 4) is 0 Å². The molecule has 0 aromatic heterocycles. The molecule has 0 aliphatic carbocycles. The maximum Gasteiger partial charge on any atom is 0.416 e. The molecule has 0 saturated carbocycles. The highest BCUT2D eigenvalue weighted by Crippen LogP contribution is 2.44. The Morgan fingerprint density at radius 1 is 1.40 bits per heavy atom. The van der Waals surface area contributed by atoms with Crippen LogP contribution in [-0.2, 0) is 9.53 Å². The first-order valence-electron chi connectivity index (χ1n) is 6.44. The summed E-state index contributed by atoms with van der Waals surface area (Å²) < 4.78 is 32.4. The van der Waals surface area contributed by atoms with Gasteiger partial charge in [-0.1, -0.05) is 34.6 Å². The molecule has 0 spiro atoms. The van der Waals surface area contributed by atoms with Crippen LogP contribution in [0.1, 0.15) is 34.6 Å². The highest BCUT2D eigenvalue weighted by Gasteiger charge is 2.54. The lowest BCUT2D eigenvalue weighted by molar-refractivity contribution is -0.147. The summed E-state index contributed by atoms with van der Waals surface area (Å²) in [5.74, 6) is -2.61. The fourth-order valence-electron chi connectivity index (χ4n) is 2.32. The maximum atomic E-state index is 13.8. The molecular weight excluding hydrogens is 336 g/mol. The molecule has 0 N–H and O–H groups in total. The minimum absolute atomic E-state index is 0.0486. The van der Waals surface area contributed by atoms with Gasteiger partial charge in [0.15, 0.2) is 0 Å². The predicted octanol–water partition coefficient (Wildman–Crippen LogP) is 3.64. The summed E-state index contributed by atoms with van der Waals surface area (Å²) in [4.78, 5) is 21.6. The first-order valence-corrected chi connectivity index (χ1v) is 7.23. The molecule has 1 rings (SSSR count). The van der Waals surface area contributed by atoms with Gasteiger partial charge in [-0.15, -0.1) is 0 Å². The number of hydrogen-bond acceptors (Lipinski definition) is 3. The minimum Gasteiger partial charge on any atom is -0.447 e. The number of imide groups is 1. The highest BCUT2D eigenvalue weighted by atomic mass is 79.9. The monoisotopic (exact) mass is 355 g/mol. The fourth-order valence-corrected chi connectivity index (χ4v) is 3.20. The molecule has 20 heavy (non-hydrogen) atoms. The van der Waals surface area contributed by atoms with Crippen molar-refractivity contribution in [2.24, 2.45) is 17.3 Å². The molecule has 1 saturated heterocycles. The van der Waals surface area contributed by atoms with E-state index in [-0.39, 0.29) is 12.5 Å². The second-order valence-electron chi connectivity index (χ2n) is 6.44. The Balaban J connectivity index is 3.15. The average Bonchev–Trinajstić information content (AvgIpc) is 2.55. The molecule has 0 radical (unpaired) electrons. The van der Waals surface area contributed by atoms with E-state index in [4.69, 9.17) is 4.74 Å². The first-order chi connectivity index (χ1) is 8.87. The van der Waals surface area contributed by atoms with Gasteiger partial charge >= 0.3 is 10.9 Å². The molecule has 0 unspecified atom stereocenters. The van der Waals surface area contributed by atoms with E-state index in [0.29, 0.717) is 0 Å². The molecule has 0 bridgehead atoms. The number of hydrogen-bond donors (Lipinski definition) is 0. The van der Waals surface area contributed by atoms with Crippen LogP contribution in [-0.4, -0.2) is 34.4 Å². The van der Waals surface area contributed by atoms with Crippen molar-refractivity contribution in [2.45, 2.75) is 45.5 Å². The van der Waals surface area contributed by atoms with Crippen molar-refractivity contribution in [1.29, 1.82) is 0 Å². The Hall–Kier alpha value is -0.720. The number of carbonyl (C=O) groups is 2. The third-order valence-corrected chi connectivity index (χ3v) is 3.81. The zero-order valence-corrected chi connectivity index (χ0v) is 13.8. The number of carbonyl (C=O) groups excluding carboxylic acids is 2. The zero-order valence-electron chi connectivity index (χ0n) is 12.2. The molecule has 0 aromatic carbocycles. The first kappa shape index (κ1) is 17.3. The summed E-state index contributed by atoms with van der Waals surface area (Å²) in [7, 11) is 0. The molecule has 4 nitrogen and oxygen atoms in total. The standard InChI is InChI=1S/C13H20BrF2NO3/c1-7(2)8-6-20-11(19)17(8)10(18)9(12(3,4)5)13(14,15)16/h7-9H,6H2,1-5H3/t8-,9+/m1/s1. The highest BCUT2D eigenvalue weighted by molar-refractivity contribution is 9.10. The summed E-state index contributed by atoms with van der Waals surface area (Å²) in [6.07, 6.45) is -0.847. The minimum atomic E-state index is -3.40. The van der Waals surface area contributed by atoms with Crippen molar-refractivity contribution >= 4 is 27.9 Å². The van der Waals surface area contributed by atoms with Crippen LogP contribution in [0, 0.1) is 17.3 Å². The summed E-state index contributed by atoms with van der Waals surface area (Å²) in [6, 6.07) is -0.505. The van der Waals surface area contributed by atoms with E-state index in [0.717, 1.165) is 4.90 Å². The van der Waals surface area contributed by atoms with Gasteiger partial charge in [0.1, 0.15) is 12.5 Å². The number of alkyl halides is 3. The van der Waals surface area contributed by atoms with E-state index in [2.05, 4.69) is 15.9 Å². The average molecular weight is 356 g/mol. The molecule has 0 aromatic rings. The van der Waals surface area contributed by atoms with Crippen LogP contribution in [0.3, 0.4) is 0 Å². The molecule has 2 atom stereocenters. The molecule has 1 fully saturated rings. The Bertz CT molecular complexity index is 387. The van der Waals surface area contributed by atoms with E-state index in [9.17, 15) is 18.4 Å². The topological polar surface area (TPSA) is 46.6 Å². The quantitative estimate of drug-likeness (QED) is 0.726. The number of rotatable bonds is 3. The van der Waals surface area contributed by atoms with E-state index in [1.165, 1.54) is 20.8 Å². The van der Waals surface area contributed by atoms with Crippen LogP contribution in [0.4, 0.5) is 13.6 Å². The molecule has 1 heterocycles. The van der Waals surface area contributed by atoms with Crippen LogP contribution in [0.25, 0.3) is 0 Å². The van der Waals surface area contributed by atoms with Gasteiger partial charge in [-0.05, 0) is 27.3 Å². The van der Waals surface area contributed by atoms with Gasteiger partial charge in [-0.2, -0.15) is 8.78 Å². The van der Waals surface area contributed by atoms with Gasteiger partial charge < -0.3 is 4.74 Å². The van der Waals surface area contributed by atoms with Crippen LogP contribution in [0.2, 0.25) is 0 Å². The molecule has 116 valence electrons. The summed E-state index contributed by atoms with van der Waals surface area (Å²) >= 11 is 2.27. The van der Waals surface area contributed by atoms with Crippen molar-refractivity contribution in [3.05, 3.63) is 0 Å². The van der Waals surface area contributed by atoms with E-state index >= 15 is 0 Å². The normalized spacial score (nSPS) is 22.1. The Morgan fingerprint density at radius 3 is 2.25 bits per heavy atom. The van der Waals surface area contributed by atoms with Crippen LogP contribution >= 0.6 is 15.9 Å². The molecule has 1 aliphatic rings. The summed E-state index contributed by atoms with van der Waals surface area (Å²) in [5.41, 5.74) is -1.01. The van der Waals surface area contributed by atoms with Crippen LogP contribution in [0.15, 0.2) is 0 Å². The molecule has 1 aliphatic heterocycles. The second-order valence-corrected chi connectivity index (χ2v) is 7.49. The maximum absolute atomic E-state index is 13.8. The SMILES string of the molecule is CC(C)[C@H]1COC(=O)N1C(=O)[C@@H](C(C)(C)C)C(F)(F)Br. The number of amides is 2.